The molecule has 5 atom stereocenters. The summed E-state index contributed by atoms with van der Waals surface area (Å²) in [5.41, 5.74) is 0.562. The van der Waals surface area contributed by atoms with E-state index in [-0.39, 0.29) is 23.7 Å². The highest BCUT2D eigenvalue weighted by atomic mass is 31.2. The van der Waals surface area contributed by atoms with Gasteiger partial charge in [0, 0.05) is 24.5 Å². The van der Waals surface area contributed by atoms with Crippen molar-refractivity contribution >= 4 is 25.4 Å². The number of hydrogen-bond donors (Lipinski definition) is 2. The van der Waals surface area contributed by atoms with Crippen LogP contribution in [0.25, 0.3) is 11.2 Å². The van der Waals surface area contributed by atoms with E-state index in [2.05, 4.69) is 87.0 Å². The Bertz CT molecular complexity index is 967. The van der Waals surface area contributed by atoms with E-state index in [9.17, 15) is 4.79 Å². The number of aromatic nitrogens is 4. The van der Waals surface area contributed by atoms with Crippen molar-refractivity contribution in [2.75, 3.05) is 18.5 Å². The van der Waals surface area contributed by atoms with Crippen LogP contribution in [0.3, 0.4) is 0 Å². The van der Waals surface area contributed by atoms with Crippen LogP contribution in [0.5, 0.6) is 0 Å². The SMILES string of the molecule is CC[C@H]1O[C@@H](n2cnc3c(=O)[nH]c(NCC(C)C)nc32)[C@H](OP(C)N(C(C)C)C(C)C)[C@@H]1C. The van der Waals surface area contributed by atoms with Crippen LogP contribution in [-0.4, -0.2) is 61.7 Å². The highest BCUT2D eigenvalue weighted by Gasteiger charge is 2.45. The first kappa shape index (κ1) is 26.1. The molecule has 33 heavy (non-hydrogen) atoms. The first-order chi connectivity index (χ1) is 15.5. The highest BCUT2D eigenvalue weighted by Crippen LogP contribution is 2.49. The van der Waals surface area contributed by atoms with E-state index in [1.54, 1.807) is 6.33 Å². The Labute approximate surface area is 198 Å². The molecule has 2 aromatic heterocycles. The quantitative estimate of drug-likeness (QED) is 0.481. The zero-order valence-electron chi connectivity index (χ0n) is 21.5. The molecule has 3 rings (SSSR count). The van der Waals surface area contributed by atoms with E-state index in [0.717, 1.165) is 6.42 Å². The largest absolute Gasteiger partial charge is 0.355 e. The molecule has 0 spiro atoms. The van der Waals surface area contributed by atoms with E-state index in [1.807, 2.05) is 4.57 Å². The fourth-order valence-electron chi connectivity index (χ4n) is 4.67. The van der Waals surface area contributed by atoms with Crippen molar-refractivity contribution < 1.29 is 9.26 Å². The molecule has 0 bridgehead atoms. The second-order valence-electron chi connectivity index (χ2n) is 9.95. The van der Waals surface area contributed by atoms with Gasteiger partial charge in [-0.15, -0.1) is 0 Å². The molecule has 0 aromatic carbocycles. The minimum absolute atomic E-state index is 0.0629. The highest BCUT2D eigenvalue weighted by molar-refractivity contribution is 7.49. The number of fused-ring (bicyclic) bond motifs is 1. The standard InChI is InChI=1S/C23H41N6O3P/c1-10-17-16(8)19(32-33(9)29(14(4)5)15(6)7)22(31-17)28-12-25-18-20(28)26-23(27-21(18)30)24-11-13(2)3/h12-17,19,22H,10-11H2,1-9H3,(H2,24,26,27,30)/t16-,17-,19-,22-,33?/m1/s1. The average molecular weight is 481 g/mol. The molecule has 0 amide bonds. The maximum atomic E-state index is 12.7. The van der Waals surface area contributed by atoms with Crippen LogP contribution in [0.1, 0.15) is 68.0 Å². The minimum Gasteiger partial charge on any atom is -0.355 e. The van der Waals surface area contributed by atoms with E-state index >= 15 is 0 Å². The predicted molar refractivity (Wildman–Crippen MR) is 135 cm³/mol. The van der Waals surface area contributed by atoms with Gasteiger partial charge in [0.15, 0.2) is 17.4 Å². The van der Waals surface area contributed by atoms with Gasteiger partial charge in [0.05, 0.1) is 12.4 Å². The van der Waals surface area contributed by atoms with Crippen molar-refractivity contribution in [3.63, 3.8) is 0 Å². The number of rotatable bonds is 10. The molecule has 1 aliphatic heterocycles. The molecule has 1 aliphatic rings. The Morgan fingerprint density at radius 3 is 2.52 bits per heavy atom. The number of hydrogen-bond acceptors (Lipinski definition) is 7. The summed E-state index contributed by atoms with van der Waals surface area (Å²) in [5.74, 6) is 1.07. The Hall–Kier alpha value is -1.54. The number of nitrogens with zero attached hydrogens (tertiary/aromatic N) is 4. The molecule has 0 radical (unpaired) electrons. The van der Waals surface area contributed by atoms with Gasteiger partial charge in [-0.2, -0.15) is 4.98 Å². The number of nitrogens with one attached hydrogen (secondary N) is 2. The average Bonchev–Trinajstić information content (AvgIpc) is 3.27. The van der Waals surface area contributed by atoms with E-state index in [1.165, 1.54) is 0 Å². The van der Waals surface area contributed by atoms with Crippen LogP contribution < -0.4 is 10.9 Å². The Morgan fingerprint density at radius 1 is 1.27 bits per heavy atom. The van der Waals surface area contributed by atoms with Crippen molar-refractivity contribution in [1.29, 1.82) is 0 Å². The Morgan fingerprint density at radius 2 is 1.94 bits per heavy atom. The van der Waals surface area contributed by atoms with Crippen LogP contribution in [0, 0.1) is 11.8 Å². The third-order valence-corrected chi connectivity index (χ3v) is 8.27. The summed E-state index contributed by atoms with van der Waals surface area (Å²) in [7, 11) is -0.837. The van der Waals surface area contributed by atoms with E-state index in [0.29, 0.717) is 41.7 Å². The molecule has 10 heteroatoms. The maximum Gasteiger partial charge on any atom is 0.280 e. The fourth-order valence-corrected chi connectivity index (χ4v) is 6.72. The summed E-state index contributed by atoms with van der Waals surface area (Å²) < 4.78 is 17.5. The molecule has 1 saturated heterocycles. The summed E-state index contributed by atoms with van der Waals surface area (Å²) in [6.45, 7) is 20.2. The summed E-state index contributed by atoms with van der Waals surface area (Å²) >= 11 is 0. The van der Waals surface area contributed by atoms with Gasteiger partial charge >= 0.3 is 0 Å². The van der Waals surface area contributed by atoms with Gasteiger partial charge in [-0.25, -0.2) is 4.98 Å². The lowest BCUT2D eigenvalue weighted by molar-refractivity contribution is -0.0287. The Kier molecular flexibility index (Phi) is 8.54. The normalized spacial score (nSPS) is 24.6. The Balaban J connectivity index is 1.97. The maximum absolute atomic E-state index is 12.7. The third kappa shape index (κ3) is 5.59. The molecule has 9 nitrogen and oxygen atoms in total. The smallest absolute Gasteiger partial charge is 0.280 e. The van der Waals surface area contributed by atoms with Gasteiger partial charge in [-0.05, 0) is 46.7 Å². The van der Waals surface area contributed by atoms with Gasteiger partial charge < -0.3 is 14.6 Å². The lowest BCUT2D eigenvalue weighted by Gasteiger charge is -2.37. The topological polar surface area (TPSA) is 97.3 Å². The summed E-state index contributed by atoms with van der Waals surface area (Å²) in [5, 5.41) is 3.21. The predicted octanol–water partition coefficient (Wildman–Crippen LogP) is 4.58. The van der Waals surface area contributed by atoms with Crippen molar-refractivity contribution in [3.8, 4) is 0 Å². The van der Waals surface area contributed by atoms with Gasteiger partial charge in [0.2, 0.25) is 5.95 Å². The van der Waals surface area contributed by atoms with Crippen LogP contribution in [-0.2, 0) is 9.26 Å². The molecule has 0 aliphatic carbocycles. The lowest BCUT2D eigenvalue weighted by Crippen LogP contribution is -2.35. The zero-order chi connectivity index (χ0) is 24.4. The third-order valence-electron chi connectivity index (χ3n) is 6.14. The van der Waals surface area contributed by atoms with Crippen molar-refractivity contribution in [3.05, 3.63) is 16.7 Å². The number of H-pyrrole nitrogens is 1. The summed E-state index contributed by atoms with van der Waals surface area (Å²) in [6.07, 6.45) is 2.04. The van der Waals surface area contributed by atoms with E-state index in [4.69, 9.17) is 9.26 Å². The molecule has 3 heterocycles. The molecule has 0 saturated carbocycles. The fraction of sp³-hybridized carbons (Fsp3) is 0.783. The minimum atomic E-state index is -0.837. The number of imidazole rings is 1. The zero-order valence-corrected chi connectivity index (χ0v) is 22.4. The second-order valence-corrected chi connectivity index (χ2v) is 11.5. The summed E-state index contributed by atoms with van der Waals surface area (Å²) in [6, 6.07) is 0.756. The van der Waals surface area contributed by atoms with Gasteiger partial charge in [-0.3, -0.25) is 19.0 Å². The molecule has 2 N–H and O–H groups in total. The first-order valence-electron chi connectivity index (χ1n) is 12.1. The molecule has 1 unspecified atom stereocenters. The molecule has 2 aromatic rings. The number of aromatic amines is 1. The van der Waals surface area contributed by atoms with Crippen LogP contribution in [0.2, 0.25) is 0 Å². The van der Waals surface area contributed by atoms with Crippen molar-refractivity contribution in [1.82, 2.24) is 24.2 Å². The van der Waals surface area contributed by atoms with Gasteiger partial charge in [-0.1, -0.05) is 27.7 Å². The first-order valence-corrected chi connectivity index (χ1v) is 13.8. The lowest BCUT2D eigenvalue weighted by atomic mass is 9.99. The van der Waals surface area contributed by atoms with Crippen molar-refractivity contribution in [2.24, 2.45) is 11.8 Å². The second kappa shape index (κ2) is 10.8. The van der Waals surface area contributed by atoms with Crippen LogP contribution >= 0.6 is 8.30 Å². The van der Waals surface area contributed by atoms with Gasteiger partial charge in [0.25, 0.3) is 5.56 Å². The molecular weight excluding hydrogens is 439 g/mol. The monoisotopic (exact) mass is 480 g/mol. The van der Waals surface area contributed by atoms with Crippen molar-refractivity contribution in [2.45, 2.75) is 92.3 Å². The van der Waals surface area contributed by atoms with E-state index < -0.39 is 14.5 Å². The number of ether oxygens (including phenoxy) is 1. The molecule has 1 fully saturated rings. The van der Waals surface area contributed by atoms with Crippen LogP contribution in [0.4, 0.5) is 5.95 Å². The van der Waals surface area contributed by atoms with Crippen LogP contribution in [0.15, 0.2) is 11.1 Å². The van der Waals surface area contributed by atoms with Gasteiger partial charge in [0.1, 0.15) is 14.4 Å². The molecular formula is C23H41N6O3P. The molecule has 186 valence electrons. The summed E-state index contributed by atoms with van der Waals surface area (Å²) in [4.78, 5) is 24.5. The number of anilines is 1.